The predicted octanol–water partition coefficient (Wildman–Crippen LogP) is 3.76. The van der Waals surface area contributed by atoms with Crippen molar-refractivity contribution in [1.82, 2.24) is 9.88 Å². The van der Waals surface area contributed by atoms with Crippen LogP contribution in [-0.4, -0.2) is 30.1 Å². The summed E-state index contributed by atoms with van der Waals surface area (Å²) < 4.78 is 1.56. The highest BCUT2D eigenvalue weighted by atomic mass is 35.5. The average Bonchev–Trinajstić information content (AvgIpc) is 3.19. The van der Waals surface area contributed by atoms with Gasteiger partial charge in [-0.05, 0) is 43.0 Å². The molecule has 2 heterocycles. The number of aryl methyl sites for hydroxylation is 2. The zero-order valence-corrected chi connectivity index (χ0v) is 17.4. The molecule has 0 radical (unpaired) electrons. The molecule has 1 atom stereocenters. The minimum absolute atomic E-state index is 0.183. The first-order chi connectivity index (χ1) is 13.9. The van der Waals surface area contributed by atoms with Gasteiger partial charge in [0.25, 0.3) is 11.5 Å². The van der Waals surface area contributed by atoms with E-state index in [2.05, 4.69) is 17.1 Å². The second-order valence-corrected chi connectivity index (χ2v) is 8.15. The van der Waals surface area contributed by atoms with Crippen molar-refractivity contribution in [2.45, 2.75) is 13.3 Å². The first-order valence-electron chi connectivity index (χ1n) is 9.82. The number of rotatable bonds is 4. The monoisotopic (exact) mass is 409 g/mol. The molecule has 6 heteroatoms. The second-order valence-electron chi connectivity index (χ2n) is 7.71. The number of amides is 1. The van der Waals surface area contributed by atoms with Crippen LogP contribution in [0.2, 0.25) is 5.02 Å². The highest BCUT2D eigenvalue weighted by molar-refractivity contribution is 6.30. The number of carbonyl (C=O) groups excluding carboxylic acids is 1. The minimum Gasteiger partial charge on any atom is -0.371 e. The standard InChI is InChI=1S/C23H24ClN3O2/c1-15-7-8-17(24)11-21(15)27-10-9-16(14-27)13-25-23(29)19-12-22(28)26(2)20-6-4-3-5-18(19)20/h3-8,11-12,16H,9-10,13-14H2,1-2H3,(H,25,29). The van der Waals surface area contributed by atoms with Crippen molar-refractivity contribution >= 4 is 34.1 Å². The van der Waals surface area contributed by atoms with Crippen molar-refractivity contribution in [3.05, 3.63) is 75.0 Å². The van der Waals surface area contributed by atoms with Gasteiger partial charge in [-0.1, -0.05) is 35.9 Å². The molecular weight excluding hydrogens is 386 g/mol. The Hall–Kier alpha value is -2.79. The molecule has 1 saturated heterocycles. The lowest BCUT2D eigenvalue weighted by Crippen LogP contribution is -2.32. The number of benzene rings is 2. The number of para-hydroxylation sites is 1. The molecular formula is C23H24ClN3O2. The van der Waals surface area contributed by atoms with E-state index in [-0.39, 0.29) is 11.5 Å². The Labute approximate surface area is 174 Å². The third-order valence-electron chi connectivity index (χ3n) is 5.75. The van der Waals surface area contributed by atoms with E-state index in [4.69, 9.17) is 11.6 Å². The van der Waals surface area contributed by atoms with Gasteiger partial charge in [-0.2, -0.15) is 0 Å². The summed E-state index contributed by atoms with van der Waals surface area (Å²) in [5.41, 5.74) is 3.37. The SMILES string of the molecule is Cc1ccc(Cl)cc1N1CCC(CNC(=O)c2cc(=O)n(C)c3ccccc23)C1. The Kier molecular flexibility index (Phi) is 5.33. The number of anilines is 1. The van der Waals surface area contributed by atoms with Crippen molar-refractivity contribution in [3.8, 4) is 0 Å². The van der Waals surface area contributed by atoms with Gasteiger partial charge in [0.15, 0.2) is 0 Å². The van der Waals surface area contributed by atoms with Gasteiger partial charge in [0, 0.05) is 48.8 Å². The normalized spacial score (nSPS) is 16.4. The summed E-state index contributed by atoms with van der Waals surface area (Å²) in [7, 11) is 1.72. The molecule has 1 unspecified atom stereocenters. The molecule has 1 N–H and O–H groups in total. The highest BCUT2D eigenvalue weighted by Crippen LogP contribution is 2.29. The summed E-state index contributed by atoms with van der Waals surface area (Å²) in [5.74, 6) is 0.159. The smallest absolute Gasteiger partial charge is 0.252 e. The number of hydrogen-bond donors (Lipinski definition) is 1. The Morgan fingerprint density at radius 3 is 2.83 bits per heavy atom. The number of carbonyl (C=O) groups is 1. The molecule has 2 aromatic carbocycles. The molecule has 1 fully saturated rings. The lowest BCUT2D eigenvalue weighted by molar-refractivity contribution is 0.0949. The van der Waals surface area contributed by atoms with Crippen LogP contribution in [0.25, 0.3) is 10.9 Å². The van der Waals surface area contributed by atoms with E-state index in [9.17, 15) is 9.59 Å². The quantitative estimate of drug-likeness (QED) is 0.713. The number of nitrogens with one attached hydrogen (secondary N) is 1. The summed E-state index contributed by atoms with van der Waals surface area (Å²) in [5, 5.41) is 4.56. The van der Waals surface area contributed by atoms with E-state index in [0.29, 0.717) is 18.0 Å². The van der Waals surface area contributed by atoms with Gasteiger partial charge in [-0.25, -0.2) is 0 Å². The van der Waals surface area contributed by atoms with Crippen LogP contribution >= 0.6 is 11.6 Å². The molecule has 3 aromatic rings. The Balaban J connectivity index is 1.46. The lowest BCUT2D eigenvalue weighted by Gasteiger charge is -2.21. The Morgan fingerprint density at radius 2 is 2.00 bits per heavy atom. The molecule has 1 amide bonds. The van der Waals surface area contributed by atoms with Crippen molar-refractivity contribution in [2.24, 2.45) is 13.0 Å². The summed E-state index contributed by atoms with van der Waals surface area (Å²) in [6.45, 7) is 4.48. The molecule has 0 saturated carbocycles. The number of aromatic nitrogens is 1. The van der Waals surface area contributed by atoms with E-state index in [1.165, 1.54) is 11.6 Å². The van der Waals surface area contributed by atoms with Gasteiger partial charge in [0.1, 0.15) is 0 Å². The predicted molar refractivity (Wildman–Crippen MR) is 118 cm³/mol. The molecule has 0 bridgehead atoms. The third-order valence-corrected chi connectivity index (χ3v) is 5.98. The molecule has 5 nitrogen and oxygen atoms in total. The van der Waals surface area contributed by atoms with Crippen LogP contribution in [0, 0.1) is 12.8 Å². The molecule has 1 aromatic heterocycles. The number of nitrogens with zero attached hydrogens (tertiary/aromatic N) is 2. The summed E-state index contributed by atoms with van der Waals surface area (Å²) in [4.78, 5) is 27.4. The van der Waals surface area contributed by atoms with Crippen LogP contribution in [0.1, 0.15) is 22.3 Å². The van der Waals surface area contributed by atoms with Crippen LogP contribution in [-0.2, 0) is 7.05 Å². The van der Waals surface area contributed by atoms with Crippen LogP contribution in [0.4, 0.5) is 5.69 Å². The average molecular weight is 410 g/mol. The van der Waals surface area contributed by atoms with Crippen molar-refractivity contribution < 1.29 is 4.79 Å². The molecule has 1 aliphatic heterocycles. The number of fused-ring (bicyclic) bond motifs is 1. The van der Waals surface area contributed by atoms with Gasteiger partial charge in [0.05, 0.1) is 11.1 Å². The van der Waals surface area contributed by atoms with Crippen molar-refractivity contribution in [3.63, 3.8) is 0 Å². The van der Waals surface area contributed by atoms with Crippen LogP contribution in [0.3, 0.4) is 0 Å². The highest BCUT2D eigenvalue weighted by Gasteiger charge is 2.24. The fourth-order valence-corrected chi connectivity index (χ4v) is 4.24. The van der Waals surface area contributed by atoms with Gasteiger partial charge < -0.3 is 14.8 Å². The van der Waals surface area contributed by atoms with Crippen molar-refractivity contribution in [1.29, 1.82) is 0 Å². The maximum absolute atomic E-state index is 12.8. The van der Waals surface area contributed by atoms with E-state index in [0.717, 1.165) is 41.1 Å². The zero-order chi connectivity index (χ0) is 20.5. The first-order valence-corrected chi connectivity index (χ1v) is 10.2. The van der Waals surface area contributed by atoms with Gasteiger partial charge >= 0.3 is 0 Å². The summed E-state index contributed by atoms with van der Waals surface area (Å²) >= 11 is 6.16. The Bertz CT molecular complexity index is 1140. The van der Waals surface area contributed by atoms with Gasteiger partial charge in [0.2, 0.25) is 0 Å². The van der Waals surface area contributed by atoms with E-state index in [1.807, 2.05) is 42.5 Å². The van der Waals surface area contributed by atoms with Crippen molar-refractivity contribution in [2.75, 3.05) is 24.5 Å². The molecule has 4 rings (SSSR count). The first kappa shape index (κ1) is 19.5. The third kappa shape index (κ3) is 3.87. The van der Waals surface area contributed by atoms with Gasteiger partial charge in [-0.15, -0.1) is 0 Å². The minimum atomic E-state index is -0.198. The molecule has 0 spiro atoms. The van der Waals surface area contributed by atoms with E-state index in [1.54, 1.807) is 11.6 Å². The number of halogens is 1. The number of pyridine rings is 1. The Morgan fingerprint density at radius 1 is 1.21 bits per heavy atom. The maximum Gasteiger partial charge on any atom is 0.252 e. The van der Waals surface area contributed by atoms with E-state index >= 15 is 0 Å². The van der Waals surface area contributed by atoms with Gasteiger partial charge in [-0.3, -0.25) is 9.59 Å². The summed E-state index contributed by atoms with van der Waals surface area (Å²) in [6, 6.07) is 14.9. The fraction of sp³-hybridized carbons (Fsp3) is 0.304. The molecule has 1 aliphatic rings. The van der Waals surface area contributed by atoms with Crippen LogP contribution in [0.5, 0.6) is 0 Å². The van der Waals surface area contributed by atoms with Crippen LogP contribution in [0.15, 0.2) is 53.3 Å². The van der Waals surface area contributed by atoms with E-state index < -0.39 is 0 Å². The lowest BCUT2D eigenvalue weighted by atomic mass is 10.1. The zero-order valence-electron chi connectivity index (χ0n) is 16.6. The van der Waals surface area contributed by atoms with Crippen LogP contribution < -0.4 is 15.8 Å². The molecule has 0 aliphatic carbocycles. The number of hydrogen-bond acceptors (Lipinski definition) is 3. The second kappa shape index (κ2) is 7.91. The topological polar surface area (TPSA) is 54.3 Å². The molecule has 150 valence electrons. The maximum atomic E-state index is 12.8. The fourth-order valence-electron chi connectivity index (χ4n) is 4.07. The largest absolute Gasteiger partial charge is 0.371 e. The molecule has 29 heavy (non-hydrogen) atoms. The summed E-state index contributed by atoms with van der Waals surface area (Å²) in [6.07, 6.45) is 1.00.